The van der Waals surface area contributed by atoms with Crippen molar-refractivity contribution in [2.45, 2.75) is 32.7 Å². The lowest BCUT2D eigenvalue weighted by Crippen LogP contribution is -2.27. The minimum Gasteiger partial charge on any atom is -0.368 e. The molecule has 1 aromatic carbocycles. The topological polar surface area (TPSA) is 68.5 Å². The summed E-state index contributed by atoms with van der Waals surface area (Å²) in [6.07, 6.45) is 4.88. The maximum atomic E-state index is 4.62. The van der Waals surface area contributed by atoms with Gasteiger partial charge in [-0.2, -0.15) is 0 Å². The molecule has 0 fully saturated rings. The van der Waals surface area contributed by atoms with Gasteiger partial charge < -0.3 is 9.88 Å². The summed E-state index contributed by atoms with van der Waals surface area (Å²) in [5, 5.41) is 12.0. The van der Waals surface area contributed by atoms with E-state index in [2.05, 4.69) is 37.0 Å². The molecule has 2 aromatic heterocycles. The number of nitrogens with one attached hydrogen (secondary N) is 1. The van der Waals surface area contributed by atoms with Crippen molar-refractivity contribution >= 4 is 16.9 Å². The molecular weight excluding hydrogens is 288 g/mol. The summed E-state index contributed by atoms with van der Waals surface area (Å²) in [5.74, 6) is 3.63. The summed E-state index contributed by atoms with van der Waals surface area (Å²) in [7, 11) is 0. The Hall–Kier alpha value is -2.50. The second-order valence-electron chi connectivity index (χ2n) is 6.03. The monoisotopic (exact) mass is 308 g/mol. The van der Waals surface area contributed by atoms with Crippen LogP contribution in [0, 0.1) is 5.92 Å². The highest BCUT2D eigenvalue weighted by atomic mass is 15.3. The van der Waals surface area contributed by atoms with Crippen molar-refractivity contribution in [1.82, 2.24) is 24.7 Å². The summed E-state index contributed by atoms with van der Waals surface area (Å²) in [5.41, 5.74) is 1.85. The summed E-state index contributed by atoms with van der Waals surface area (Å²) < 4.78 is 2.28. The van der Waals surface area contributed by atoms with Crippen LogP contribution in [-0.2, 0) is 19.4 Å². The van der Waals surface area contributed by atoms with Gasteiger partial charge in [0, 0.05) is 25.9 Å². The van der Waals surface area contributed by atoms with E-state index in [1.165, 1.54) is 0 Å². The third kappa shape index (κ3) is 2.76. The fourth-order valence-electron chi connectivity index (χ4n) is 3.17. The molecule has 0 bridgehead atoms. The van der Waals surface area contributed by atoms with Gasteiger partial charge in [0.2, 0.25) is 0 Å². The molecule has 3 aromatic rings. The van der Waals surface area contributed by atoms with E-state index < -0.39 is 0 Å². The van der Waals surface area contributed by atoms with Gasteiger partial charge in [0.05, 0.1) is 17.2 Å². The molecule has 0 saturated heterocycles. The SMILES string of the molecule is CCc1nnc2n1C[C@@H](CNc1cnc3ccccc3n1)CC2. The predicted octanol–water partition coefficient (Wildman–Crippen LogP) is 2.46. The molecule has 6 nitrogen and oxygen atoms in total. The van der Waals surface area contributed by atoms with E-state index in [1.54, 1.807) is 0 Å². The van der Waals surface area contributed by atoms with Crippen molar-refractivity contribution in [3.05, 3.63) is 42.1 Å². The number of nitrogens with zero attached hydrogens (tertiary/aromatic N) is 5. The van der Waals surface area contributed by atoms with Crippen molar-refractivity contribution in [3.63, 3.8) is 0 Å². The summed E-state index contributed by atoms with van der Waals surface area (Å²) in [6, 6.07) is 7.94. The van der Waals surface area contributed by atoms with Crippen LogP contribution in [0.1, 0.15) is 25.0 Å². The Balaban J connectivity index is 1.44. The smallest absolute Gasteiger partial charge is 0.145 e. The Morgan fingerprint density at radius 1 is 1.22 bits per heavy atom. The molecule has 0 saturated carbocycles. The van der Waals surface area contributed by atoms with Crippen LogP contribution >= 0.6 is 0 Å². The van der Waals surface area contributed by atoms with Crippen LogP contribution in [0.2, 0.25) is 0 Å². The van der Waals surface area contributed by atoms with E-state index in [-0.39, 0.29) is 0 Å². The standard InChI is InChI=1S/C17H20N6/c1-2-16-21-22-17-8-7-12(11-23(16)17)9-19-15-10-18-13-5-3-4-6-14(13)20-15/h3-6,10,12H,2,7-9,11H2,1H3,(H,19,20)/t12-/m1/s1. The molecule has 0 unspecified atom stereocenters. The Morgan fingerprint density at radius 2 is 2.09 bits per heavy atom. The number of aromatic nitrogens is 5. The van der Waals surface area contributed by atoms with Crippen LogP contribution < -0.4 is 5.32 Å². The Bertz CT molecular complexity index is 811. The van der Waals surface area contributed by atoms with Gasteiger partial charge in [0.1, 0.15) is 17.5 Å². The van der Waals surface area contributed by atoms with Crippen molar-refractivity contribution < 1.29 is 0 Å². The minimum absolute atomic E-state index is 0.567. The van der Waals surface area contributed by atoms with E-state index in [9.17, 15) is 0 Å². The summed E-state index contributed by atoms with van der Waals surface area (Å²) in [6.45, 7) is 4.01. The van der Waals surface area contributed by atoms with Crippen molar-refractivity contribution in [2.24, 2.45) is 5.92 Å². The molecule has 1 N–H and O–H groups in total. The van der Waals surface area contributed by atoms with Crippen LogP contribution in [0.4, 0.5) is 5.82 Å². The van der Waals surface area contributed by atoms with Gasteiger partial charge in [-0.25, -0.2) is 4.98 Å². The molecule has 1 aliphatic rings. The van der Waals surface area contributed by atoms with Gasteiger partial charge in [-0.15, -0.1) is 10.2 Å². The number of fused-ring (bicyclic) bond motifs is 2. The van der Waals surface area contributed by atoms with Gasteiger partial charge in [0.25, 0.3) is 0 Å². The molecule has 0 aliphatic carbocycles. The highest BCUT2D eigenvalue weighted by Gasteiger charge is 2.22. The number of hydrogen-bond acceptors (Lipinski definition) is 5. The average molecular weight is 308 g/mol. The number of rotatable bonds is 4. The maximum Gasteiger partial charge on any atom is 0.145 e. The van der Waals surface area contributed by atoms with Crippen molar-refractivity contribution in [2.75, 3.05) is 11.9 Å². The van der Waals surface area contributed by atoms with Gasteiger partial charge in [0.15, 0.2) is 0 Å². The van der Waals surface area contributed by atoms with Gasteiger partial charge in [-0.1, -0.05) is 19.1 Å². The number of hydrogen-bond donors (Lipinski definition) is 1. The number of benzene rings is 1. The second-order valence-corrected chi connectivity index (χ2v) is 6.03. The normalized spacial score (nSPS) is 17.2. The molecule has 4 rings (SSSR count). The fourth-order valence-corrected chi connectivity index (χ4v) is 3.17. The van der Waals surface area contributed by atoms with Crippen LogP contribution in [0.15, 0.2) is 30.5 Å². The van der Waals surface area contributed by atoms with E-state index in [4.69, 9.17) is 0 Å². The molecule has 118 valence electrons. The molecule has 1 atom stereocenters. The first kappa shape index (κ1) is 14.1. The minimum atomic E-state index is 0.567. The first-order valence-electron chi connectivity index (χ1n) is 8.20. The molecule has 0 amide bonds. The van der Waals surface area contributed by atoms with Crippen LogP contribution in [0.5, 0.6) is 0 Å². The molecule has 0 spiro atoms. The Kier molecular flexibility index (Phi) is 3.65. The molecule has 0 radical (unpaired) electrons. The Morgan fingerprint density at radius 3 is 2.96 bits per heavy atom. The molecule has 3 heterocycles. The fraction of sp³-hybridized carbons (Fsp3) is 0.412. The number of aryl methyl sites for hydroxylation is 2. The van der Waals surface area contributed by atoms with E-state index in [0.29, 0.717) is 5.92 Å². The highest BCUT2D eigenvalue weighted by molar-refractivity contribution is 5.75. The van der Waals surface area contributed by atoms with Crippen LogP contribution in [-0.4, -0.2) is 31.3 Å². The van der Waals surface area contributed by atoms with Gasteiger partial charge in [-0.3, -0.25) is 4.98 Å². The first-order chi connectivity index (χ1) is 11.3. The molecule has 23 heavy (non-hydrogen) atoms. The van der Waals surface area contributed by atoms with Crippen LogP contribution in [0.3, 0.4) is 0 Å². The van der Waals surface area contributed by atoms with Crippen molar-refractivity contribution in [3.8, 4) is 0 Å². The second kappa shape index (κ2) is 5.95. The Labute approximate surface area is 135 Å². The van der Waals surface area contributed by atoms with E-state index in [1.807, 2.05) is 30.5 Å². The van der Waals surface area contributed by atoms with Gasteiger partial charge >= 0.3 is 0 Å². The summed E-state index contributed by atoms with van der Waals surface area (Å²) >= 11 is 0. The predicted molar refractivity (Wildman–Crippen MR) is 89.2 cm³/mol. The van der Waals surface area contributed by atoms with E-state index in [0.717, 1.165) is 60.9 Å². The number of anilines is 1. The average Bonchev–Trinajstić information content (AvgIpc) is 3.02. The lowest BCUT2D eigenvalue weighted by Gasteiger charge is -2.24. The molecule has 1 aliphatic heterocycles. The van der Waals surface area contributed by atoms with Gasteiger partial charge in [-0.05, 0) is 24.5 Å². The first-order valence-corrected chi connectivity index (χ1v) is 8.20. The highest BCUT2D eigenvalue weighted by Crippen LogP contribution is 2.21. The zero-order valence-electron chi connectivity index (χ0n) is 13.2. The lowest BCUT2D eigenvalue weighted by molar-refractivity contribution is 0.374. The van der Waals surface area contributed by atoms with Crippen molar-refractivity contribution in [1.29, 1.82) is 0 Å². The molecule has 6 heteroatoms. The molecular formula is C17H20N6. The number of para-hydroxylation sites is 2. The quantitative estimate of drug-likeness (QED) is 0.802. The van der Waals surface area contributed by atoms with Crippen LogP contribution in [0.25, 0.3) is 11.0 Å². The zero-order valence-corrected chi connectivity index (χ0v) is 13.2. The third-order valence-electron chi connectivity index (χ3n) is 4.46. The largest absolute Gasteiger partial charge is 0.368 e. The third-order valence-corrected chi connectivity index (χ3v) is 4.46. The lowest BCUT2D eigenvalue weighted by atomic mass is 9.99. The summed E-state index contributed by atoms with van der Waals surface area (Å²) in [4.78, 5) is 9.07. The maximum absolute atomic E-state index is 4.62. The van der Waals surface area contributed by atoms with E-state index >= 15 is 0 Å². The zero-order chi connectivity index (χ0) is 15.6.